The molecule has 1 aromatic heterocycles. The first-order chi connectivity index (χ1) is 13.8. The lowest BCUT2D eigenvalue weighted by atomic mass is 9.86. The first-order valence-electron chi connectivity index (χ1n) is 10.8. The summed E-state index contributed by atoms with van der Waals surface area (Å²) < 4.78 is 0. The number of rotatable bonds is 6. The third-order valence-corrected chi connectivity index (χ3v) is 6.41. The molecule has 3 aromatic rings. The minimum Gasteiger partial charge on any atom is -0.361 e. The number of nitrogens with one attached hydrogen (secondary N) is 1. The van der Waals surface area contributed by atoms with Crippen molar-refractivity contribution in [2.24, 2.45) is 0 Å². The second-order valence-electron chi connectivity index (χ2n) is 8.35. The van der Waals surface area contributed by atoms with Crippen LogP contribution >= 0.6 is 0 Å². The zero-order valence-corrected chi connectivity index (χ0v) is 16.4. The summed E-state index contributed by atoms with van der Waals surface area (Å²) in [5, 5.41) is 1.29. The molecular weight excluding hydrogens is 344 g/mol. The maximum absolute atomic E-state index is 13.2. The molecule has 1 saturated carbocycles. The number of hydrogen-bond donors (Lipinski definition) is 1. The van der Waals surface area contributed by atoms with Crippen molar-refractivity contribution in [2.45, 2.75) is 63.5 Å². The Kier molecular flexibility index (Phi) is 4.67. The molecule has 0 aliphatic heterocycles. The number of H-pyrrole nitrogens is 1. The van der Waals surface area contributed by atoms with Crippen molar-refractivity contribution in [3.8, 4) is 0 Å². The number of amides is 1. The normalized spacial score (nSPS) is 18.8. The van der Waals surface area contributed by atoms with E-state index in [0.29, 0.717) is 18.4 Å². The summed E-state index contributed by atoms with van der Waals surface area (Å²) in [5.41, 5.74) is 5.34. The Bertz CT molecular complexity index is 985. The van der Waals surface area contributed by atoms with Crippen LogP contribution in [0.25, 0.3) is 10.9 Å². The van der Waals surface area contributed by atoms with Gasteiger partial charge in [-0.2, -0.15) is 0 Å². The van der Waals surface area contributed by atoms with Crippen LogP contribution in [0.15, 0.2) is 54.7 Å². The number of carbonyl (C=O) groups is 1. The number of aromatic amines is 1. The maximum atomic E-state index is 13.2. The van der Waals surface area contributed by atoms with Crippen LogP contribution in [0.1, 0.15) is 61.3 Å². The molecule has 1 unspecified atom stereocenters. The lowest BCUT2D eigenvalue weighted by Gasteiger charge is -2.36. The third-order valence-electron chi connectivity index (χ3n) is 6.41. The van der Waals surface area contributed by atoms with E-state index in [1.807, 2.05) is 0 Å². The number of para-hydroxylation sites is 1. The highest BCUT2D eigenvalue weighted by Crippen LogP contribution is 2.41. The van der Waals surface area contributed by atoms with Gasteiger partial charge < -0.3 is 9.88 Å². The van der Waals surface area contributed by atoms with Gasteiger partial charge in [-0.3, -0.25) is 4.79 Å². The summed E-state index contributed by atoms with van der Waals surface area (Å²) in [4.78, 5) is 18.8. The molecule has 144 valence electrons. The van der Waals surface area contributed by atoms with Crippen LogP contribution < -0.4 is 0 Å². The molecular formula is C25H28N2O. The van der Waals surface area contributed by atoms with Gasteiger partial charge in [-0.1, -0.05) is 42.5 Å². The third kappa shape index (κ3) is 3.34. The molecule has 1 heterocycles. The zero-order chi connectivity index (χ0) is 18.9. The average molecular weight is 373 g/mol. The molecule has 1 atom stereocenters. The predicted molar refractivity (Wildman–Crippen MR) is 113 cm³/mol. The molecule has 3 nitrogen and oxygen atoms in total. The van der Waals surface area contributed by atoms with Crippen LogP contribution in [-0.4, -0.2) is 21.8 Å². The highest BCUT2D eigenvalue weighted by molar-refractivity contribution is 5.83. The first kappa shape index (κ1) is 17.5. The van der Waals surface area contributed by atoms with E-state index >= 15 is 0 Å². The standard InChI is InChI=1S/C25H28N2O/c28-25(14-6-9-19-17-26-23-12-4-3-10-21(19)23)27(20-15-16-20)24-13-5-8-18-7-1-2-11-22(18)24/h1-4,7,10-12,17,20,24,26H,5-6,8-9,13-16H2. The number of carbonyl (C=O) groups excluding carboxylic acids is 1. The number of hydrogen-bond acceptors (Lipinski definition) is 1. The monoisotopic (exact) mass is 372 g/mol. The van der Waals surface area contributed by atoms with Gasteiger partial charge in [0, 0.05) is 29.6 Å². The fourth-order valence-corrected chi connectivity index (χ4v) is 4.90. The summed E-state index contributed by atoms with van der Waals surface area (Å²) in [7, 11) is 0. The van der Waals surface area contributed by atoms with Crippen molar-refractivity contribution in [1.29, 1.82) is 0 Å². The summed E-state index contributed by atoms with van der Waals surface area (Å²) in [6.45, 7) is 0. The molecule has 0 bridgehead atoms. The van der Waals surface area contributed by atoms with Crippen molar-refractivity contribution in [1.82, 2.24) is 9.88 Å². The van der Waals surface area contributed by atoms with Crippen molar-refractivity contribution in [3.05, 3.63) is 71.4 Å². The Morgan fingerprint density at radius 2 is 1.86 bits per heavy atom. The minimum absolute atomic E-state index is 0.290. The number of nitrogens with zero attached hydrogens (tertiary/aromatic N) is 1. The van der Waals surface area contributed by atoms with Crippen LogP contribution in [0, 0.1) is 0 Å². The second-order valence-corrected chi connectivity index (χ2v) is 8.35. The van der Waals surface area contributed by atoms with E-state index in [1.165, 1.54) is 46.9 Å². The molecule has 3 heteroatoms. The number of aryl methyl sites for hydroxylation is 2. The Hall–Kier alpha value is -2.55. The Balaban J connectivity index is 1.28. The molecule has 2 aliphatic rings. The summed E-state index contributed by atoms with van der Waals surface area (Å²) >= 11 is 0. The highest BCUT2D eigenvalue weighted by Gasteiger charge is 2.38. The molecule has 0 saturated heterocycles. The van der Waals surface area contributed by atoms with Gasteiger partial charge in [-0.15, -0.1) is 0 Å². The Labute approximate surface area is 166 Å². The van der Waals surface area contributed by atoms with E-state index in [2.05, 4.69) is 64.6 Å². The molecule has 1 amide bonds. The van der Waals surface area contributed by atoms with Gasteiger partial charge in [0.2, 0.25) is 5.91 Å². The topological polar surface area (TPSA) is 36.1 Å². The van der Waals surface area contributed by atoms with E-state index in [4.69, 9.17) is 0 Å². The molecule has 2 aromatic carbocycles. The highest BCUT2D eigenvalue weighted by atomic mass is 16.2. The number of aromatic nitrogens is 1. The van der Waals surface area contributed by atoms with Gasteiger partial charge in [0.1, 0.15) is 0 Å². The van der Waals surface area contributed by atoms with Crippen molar-refractivity contribution in [2.75, 3.05) is 0 Å². The first-order valence-corrected chi connectivity index (χ1v) is 10.8. The van der Waals surface area contributed by atoms with Crippen LogP contribution in [0.5, 0.6) is 0 Å². The van der Waals surface area contributed by atoms with E-state index in [1.54, 1.807) is 0 Å². The smallest absolute Gasteiger partial charge is 0.223 e. The second kappa shape index (κ2) is 7.46. The molecule has 2 aliphatic carbocycles. The molecule has 28 heavy (non-hydrogen) atoms. The molecule has 5 rings (SSSR count). The lowest BCUT2D eigenvalue weighted by Crippen LogP contribution is -2.38. The largest absolute Gasteiger partial charge is 0.361 e. The van der Waals surface area contributed by atoms with Crippen LogP contribution in [0.3, 0.4) is 0 Å². The number of benzene rings is 2. The van der Waals surface area contributed by atoms with E-state index in [0.717, 1.165) is 25.7 Å². The molecule has 0 spiro atoms. The Morgan fingerprint density at radius 1 is 1.04 bits per heavy atom. The van der Waals surface area contributed by atoms with Gasteiger partial charge in [0.15, 0.2) is 0 Å². The molecule has 0 radical (unpaired) electrons. The Morgan fingerprint density at radius 3 is 2.75 bits per heavy atom. The van der Waals surface area contributed by atoms with Gasteiger partial charge in [-0.05, 0) is 67.7 Å². The quantitative estimate of drug-likeness (QED) is 0.604. The van der Waals surface area contributed by atoms with E-state index in [9.17, 15) is 4.79 Å². The van der Waals surface area contributed by atoms with Gasteiger partial charge in [0.25, 0.3) is 0 Å². The van der Waals surface area contributed by atoms with Crippen molar-refractivity contribution < 1.29 is 4.79 Å². The van der Waals surface area contributed by atoms with Gasteiger partial charge >= 0.3 is 0 Å². The summed E-state index contributed by atoms with van der Waals surface area (Å²) in [6, 6.07) is 17.9. The van der Waals surface area contributed by atoms with Gasteiger partial charge in [-0.25, -0.2) is 0 Å². The predicted octanol–water partition coefficient (Wildman–Crippen LogP) is 5.56. The van der Waals surface area contributed by atoms with Crippen molar-refractivity contribution in [3.63, 3.8) is 0 Å². The summed E-state index contributed by atoms with van der Waals surface area (Å²) in [6.07, 6.45) is 10.4. The SMILES string of the molecule is O=C(CCCc1c[nH]c2ccccc12)N(C1CC1)C1CCCc2ccccc21. The van der Waals surface area contributed by atoms with Crippen LogP contribution in [0.4, 0.5) is 0 Å². The van der Waals surface area contributed by atoms with E-state index in [-0.39, 0.29) is 6.04 Å². The lowest BCUT2D eigenvalue weighted by molar-refractivity contribution is -0.134. The minimum atomic E-state index is 0.290. The summed E-state index contributed by atoms with van der Waals surface area (Å²) in [5.74, 6) is 0.351. The fourth-order valence-electron chi connectivity index (χ4n) is 4.90. The van der Waals surface area contributed by atoms with E-state index < -0.39 is 0 Å². The van der Waals surface area contributed by atoms with Crippen molar-refractivity contribution >= 4 is 16.8 Å². The molecule has 1 N–H and O–H groups in total. The fraction of sp³-hybridized carbons (Fsp3) is 0.400. The number of fused-ring (bicyclic) bond motifs is 2. The maximum Gasteiger partial charge on any atom is 0.223 e. The zero-order valence-electron chi connectivity index (χ0n) is 16.4. The molecule has 1 fully saturated rings. The average Bonchev–Trinajstić information content (AvgIpc) is 3.48. The van der Waals surface area contributed by atoms with Gasteiger partial charge in [0.05, 0.1) is 6.04 Å². The van der Waals surface area contributed by atoms with Crippen LogP contribution in [-0.2, 0) is 17.6 Å². The van der Waals surface area contributed by atoms with Crippen LogP contribution in [0.2, 0.25) is 0 Å².